The zero-order valence-corrected chi connectivity index (χ0v) is 12.9. The van der Waals surface area contributed by atoms with Crippen LogP contribution in [-0.2, 0) is 6.54 Å². The van der Waals surface area contributed by atoms with E-state index in [0.29, 0.717) is 11.7 Å². The second-order valence-electron chi connectivity index (χ2n) is 6.04. The first kappa shape index (κ1) is 13.9. The number of nitrogens with two attached hydrogens (primary N) is 1. The van der Waals surface area contributed by atoms with Crippen LogP contribution < -0.4 is 10.6 Å². The number of aromatic nitrogens is 2. The van der Waals surface area contributed by atoms with E-state index in [9.17, 15) is 0 Å². The highest BCUT2D eigenvalue weighted by atomic mass is 15.2. The average molecular weight is 282 g/mol. The van der Waals surface area contributed by atoms with Crippen molar-refractivity contribution in [3.8, 4) is 0 Å². The van der Waals surface area contributed by atoms with Gasteiger partial charge in [-0.25, -0.2) is 9.97 Å². The number of hydrogen-bond donors (Lipinski definition) is 1. The van der Waals surface area contributed by atoms with E-state index in [4.69, 9.17) is 10.7 Å². The molecule has 0 bridgehead atoms. The van der Waals surface area contributed by atoms with Gasteiger partial charge in [-0.2, -0.15) is 0 Å². The van der Waals surface area contributed by atoms with E-state index in [1.807, 2.05) is 6.92 Å². The SMILES string of the molecule is Cc1cccc(CN(C)c2nc(C3CC3)nc(N)c2C)c1. The summed E-state index contributed by atoms with van der Waals surface area (Å²) in [5.41, 5.74) is 9.59. The summed E-state index contributed by atoms with van der Waals surface area (Å²) in [6.07, 6.45) is 2.37. The monoisotopic (exact) mass is 282 g/mol. The van der Waals surface area contributed by atoms with Gasteiger partial charge in [0, 0.05) is 25.1 Å². The van der Waals surface area contributed by atoms with Crippen LogP contribution in [0.1, 0.15) is 41.3 Å². The molecule has 110 valence electrons. The highest BCUT2D eigenvalue weighted by Gasteiger charge is 2.28. The van der Waals surface area contributed by atoms with Crippen molar-refractivity contribution < 1.29 is 0 Å². The Morgan fingerprint density at radius 2 is 2.00 bits per heavy atom. The molecule has 1 aromatic carbocycles. The zero-order chi connectivity index (χ0) is 15.0. The van der Waals surface area contributed by atoms with Crippen molar-refractivity contribution in [1.82, 2.24) is 9.97 Å². The predicted molar refractivity (Wildman–Crippen MR) is 86.4 cm³/mol. The third-order valence-electron chi connectivity index (χ3n) is 3.98. The lowest BCUT2D eigenvalue weighted by atomic mass is 10.1. The van der Waals surface area contributed by atoms with E-state index in [1.54, 1.807) is 0 Å². The smallest absolute Gasteiger partial charge is 0.137 e. The van der Waals surface area contributed by atoms with Gasteiger partial charge in [0.05, 0.1) is 0 Å². The molecule has 2 aromatic rings. The Bertz CT molecular complexity index is 662. The Balaban J connectivity index is 1.88. The fourth-order valence-corrected chi connectivity index (χ4v) is 2.59. The summed E-state index contributed by atoms with van der Waals surface area (Å²) in [5, 5.41) is 0. The summed E-state index contributed by atoms with van der Waals surface area (Å²) in [7, 11) is 2.06. The quantitative estimate of drug-likeness (QED) is 0.935. The number of nitrogens with zero attached hydrogens (tertiary/aromatic N) is 3. The largest absolute Gasteiger partial charge is 0.383 e. The fraction of sp³-hybridized carbons (Fsp3) is 0.412. The first-order chi connectivity index (χ1) is 10.0. The Kier molecular flexibility index (Phi) is 3.53. The molecule has 0 radical (unpaired) electrons. The Labute approximate surface area is 126 Å². The maximum absolute atomic E-state index is 6.06. The summed E-state index contributed by atoms with van der Waals surface area (Å²) in [5.74, 6) is 2.98. The van der Waals surface area contributed by atoms with E-state index in [1.165, 1.54) is 24.0 Å². The summed E-state index contributed by atoms with van der Waals surface area (Å²) >= 11 is 0. The molecule has 0 unspecified atom stereocenters. The third kappa shape index (κ3) is 2.99. The molecule has 1 aliphatic carbocycles. The van der Waals surface area contributed by atoms with Crippen LogP contribution in [-0.4, -0.2) is 17.0 Å². The molecule has 1 heterocycles. The summed E-state index contributed by atoms with van der Waals surface area (Å²) in [6.45, 7) is 4.93. The van der Waals surface area contributed by atoms with Crippen molar-refractivity contribution in [3.05, 3.63) is 46.8 Å². The Morgan fingerprint density at radius 1 is 1.24 bits per heavy atom. The van der Waals surface area contributed by atoms with Crippen LogP contribution >= 0.6 is 0 Å². The summed E-state index contributed by atoms with van der Waals surface area (Å²) in [4.78, 5) is 11.3. The summed E-state index contributed by atoms with van der Waals surface area (Å²) in [6, 6.07) is 8.56. The van der Waals surface area contributed by atoms with Crippen LogP contribution in [0.5, 0.6) is 0 Å². The number of aryl methyl sites for hydroxylation is 1. The van der Waals surface area contributed by atoms with Gasteiger partial charge in [-0.3, -0.25) is 0 Å². The normalized spacial score (nSPS) is 14.2. The van der Waals surface area contributed by atoms with Crippen molar-refractivity contribution in [2.45, 2.75) is 39.2 Å². The lowest BCUT2D eigenvalue weighted by Gasteiger charge is -2.22. The van der Waals surface area contributed by atoms with Gasteiger partial charge in [0.25, 0.3) is 0 Å². The maximum atomic E-state index is 6.06. The topological polar surface area (TPSA) is 55.0 Å². The van der Waals surface area contributed by atoms with Gasteiger partial charge in [0.1, 0.15) is 17.5 Å². The molecule has 0 amide bonds. The van der Waals surface area contributed by atoms with Gasteiger partial charge >= 0.3 is 0 Å². The average Bonchev–Trinajstić information content (AvgIpc) is 3.26. The van der Waals surface area contributed by atoms with Crippen LogP contribution in [0.4, 0.5) is 11.6 Å². The molecule has 4 nitrogen and oxygen atoms in total. The van der Waals surface area contributed by atoms with Crippen LogP contribution in [0.15, 0.2) is 24.3 Å². The second-order valence-corrected chi connectivity index (χ2v) is 6.04. The molecule has 1 aliphatic rings. The highest BCUT2D eigenvalue weighted by Crippen LogP contribution is 2.39. The molecule has 1 aromatic heterocycles. The minimum atomic E-state index is 0.513. The number of hydrogen-bond acceptors (Lipinski definition) is 4. The maximum Gasteiger partial charge on any atom is 0.137 e. The lowest BCUT2D eigenvalue weighted by molar-refractivity contribution is 0.847. The molecule has 3 rings (SSSR count). The van der Waals surface area contributed by atoms with Crippen molar-refractivity contribution in [2.24, 2.45) is 0 Å². The second kappa shape index (κ2) is 5.35. The molecule has 0 saturated heterocycles. The van der Waals surface area contributed by atoms with Crippen LogP contribution in [0, 0.1) is 13.8 Å². The van der Waals surface area contributed by atoms with Crippen molar-refractivity contribution in [2.75, 3.05) is 17.7 Å². The molecule has 21 heavy (non-hydrogen) atoms. The van der Waals surface area contributed by atoms with Crippen LogP contribution in [0.3, 0.4) is 0 Å². The number of rotatable bonds is 4. The van der Waals surface area contributed by atoms with Gasteiger partial charge in [-0.05, 0) is 32.3 Å². The standard InChI is InChI=1S/C17H22N4/c1-11-5-4-6-13(9-11)10-21(3)17-12(2)15(18)19-16(20-17)14-7-8-14/h4-6,9,14H,7-8,10H2,1-3H3,(H2,18,19,20). The Hall–Kier alpha value is -2.10. The zero-order valence-electron chi connectivity index (χ0n) is 12.9. The Morgan fingerprint density at radius 3 is 2.67 bits per heavy atom. The number of benzene rings is 1. The van der Waals surface area contributed by atoms with Crippen molar-refractivity contribution in [3.63, 3.8) is 0 Å². The highest BCUT2D eigenvalue weighted by molar-refractivity contribution is 5.56. The van der Waals surface area contributed by atoms with Gasteiger partial charge < -0.3 is 10.6 Å². The van der Waals surface area contributed by atoms with Gasteiger partial charge in [0.15, 0.2) is 0 Å². The van der Waals surface area contributed by atoms with E-state index < -0.39 is 0 Å². The number of anilines is 2. The molecule has 2 N–H and O–H groups in total. The van der Waals surface area contributed by atoms with E-state index in [0.717, 1.165) is 23.8 Å². The van der Waals surface area contributed by atoms with E-state index in [-0.39, 0.29) is 0 Å². The van der Waals surface area contributed by atoms with Crippen LogP contribution in [0.25, 0.3) is 0 Å². The predicted octanol–water partition coefficient (Wildman–Crippen LogP) is 3.19. The minimum absolute atomic E-state index is 0.513. The molecule has 4 heteroatoms. The molecule has 1 fully saturated rings. The lowest BCUT2D eigenvalue weighted by Crippen LogP contribution is -2.20. The first-order valence-electron chi connectivity index (χ1n) is 7.45. The molecular formula is C17H22N4. The molecule has 0 atom stereocenters. The van der Waals surface area contributed by atoms with Crippen LogP contribution in [0.2, 0.25) is 0 Å². The van der Waals surface area contributed by atoms with Gasteiger partial charge in [0.2, 0.25) is 0 Å². The fourth-order valence-electron chi connectivity index (χ4n) is 2.59. The van der Waals surface area contributed by atoms with Gasteiger partial charge in [-0.1, -0.05) is 29.8 Å². The first-order valence-corrected chi connectivity index (χ1v) is 7.45. The van der Waals surface area contributed by atoms with Crippen molar-refractivity contribution >= 4 is 11.6 Å². The van der Waals surface area contributed by atoms with E-state index in [2.05, 4.69) is 48.1 Å². The number of nitrogen functional groups attached to an aromatic ring is 1. The molecule has 0 aliphatic heterocycles. The third-order valence-corrected chi connectivity index (χ3v) is 3.98. The van der Waals surface area contributed by atoms with Gasteiger partial charge in [-0.15, -0.1) is 0 Å². The van der Waals surface area contributed by atoms with Crippen molar-refractivity contribution in [1.29, 1.82) is 0 Å². The molecular weight excluding hydrogens is 260 g/mol. The molecule has 1 saturated carbocycles. The molecule has 0 spiro atoms. The van der Waals surface area contributed by atoms with E-state index >= 15 is 0 Å². The summed E-state index contributed by atoms with van der Waals surface area (Å²) < 4.78 is 0. The minimum Gasteiger partial charge on any atom is -0.383 e.